The molecule has 0 bridgehead atoms. The number of piperazine rings is 1. The van der Waals surface area contributed by atoms with Gasteiger partial charge in [0.15, 0.2) is 0 Å². The summed E-state index contributed by atoms with van der Waals surface area (Å²) in [6.07, 6.45) is 1.68. The van der Waals surface area contributed by atoms with Gasteiger partial charge < -0.3 is 9.80 Å². The van der Waals surface area contributed by atoms with Gasteiger partial charge >= 0.3 is 0 Å². The lowest BCUT2D eigenvalue weighted by atomic mass is 10.2. The van der Waals surface area contributed by atoms with Crippen molar-refractivity contribution in [2.24, 2.45) is 0 Å². The summed E-state index contributed by atoms with van der Waals surface area (Å²) < 4.78 is 4.47. The second-order valence-corrected chi connectivity index (χ2v) is 8.30. The Morgan fingerprint density at radius 3 is 2.54 bits per heavy atom. The van der Waals surface area contributed by atoms with Crippen LogP contribution in [-0.4, -0.2) is 45.5 Å². The van der Waals surface area contributed by atoms with Gasteiger partial charge in [0.2, 0.25) is 5.13 Å². The molecule has 4 heterocycles. The van der Waals surface area contributed by atoms with Crippen LogP contribution in [0.15, 0.2) is 12.4 Å². The van der Waals surface area contributed by atoms with Crippen LogP contribution in [0.5, 0.6) is 0 Å². The molecule has 8 heteroatoms. The summed E-state index contributed by atoms with van der Waals surface area (Å²) in [5, 5.41) is 2.21. The summed E-state index contributed by atoms with van der Waals surface area (Å²) in [5.74, 6) is 2.39. The molecule has 0 atom stereocenters. The van der Waals surface area contributed by atoms with Crippen molar-refractivity contribution in [3.05, 3.63) is 23.1 Å². The SMILES string of the molecule is Cc1cc2c(N3CCN(c4nc(C(C)C)ns4)CC3)ncnc2s1. The summed E-state index contributed by atoms with van der Waals surface area (Å²) >= 11 is 3.24. The number of nitrogens with zero attached hydrogens (tertiary/aromatic N) is 6. The Balaban J connectivity index is 1.51. The molecule has 6 nitrogen and oxygen atoms in total. The summed E-state index contributed by atoms with van der Waals surface area (Å²) in [6.45, 7) is 10.2. The molecule has 0 radical (unpaired) electrons. The smallest absolute Gasteiger partial charge is 0.205 e. The van der Waals surface area contributed by atoms with E-state index in [2.05, 4.69) is 56.0 Å². The van der Waals surface area contributed by atoms with Crippen molar-refractivity contribution < 1.29 is 0 Å². The predicted octanol–water partition coefficient (Wildman–Crippen LogP) is 3.30. The van der Waals surface area contributed by atoms with E-state index in [4.69, 9.17) is 0 Å². The molecule has 1 fully saturated rings. The van der Waals surface area contributed by atoms with E-state index in [1.165, 1.54) is 21.8 Å². The number of fused-ring (bicyclic) bond motifs is 1. The third kappa shape index (κ3) is 2.84. The summed E-state index contributed by atoms with van der Waals surface area (Å²) in [4.78, 5) is 20.7. The zero-order valence-electron chi connectivity index (χ0n) is 14.1. The summed E-state index contributed by atoms with van der Waals surface area (Å²) in [6, 6.07) is 2.20. The highest BCUT2D eigenvalue weighted by molar-refractivity contribution is 7.18. The first-order chi connectivity index (χ1) is 11.6. The van der Waals surface area contributed by atoms with E-state index >= 15 is 0 Å². The fourth-order valence-corrected chi connectivity index (χ4v) is 4.62. The van der Waals surface area contributed by atoms with E-state index in [1.54, 1.807) is 17.7 Å². The topological polar surface area (TPSA) is 58.0 Å². The Morgan fingerprint density at radius 1 is 1.08 bits per heavy atom. The molecule has 0 N–H and O–H groups in total. The molecular formula is C16H20N6S2. The Bertz CT molecular complexity index is 847. The number of aromatic nitrogens is 4. The lowest BCUT2D eigenvalue weighted by molar-refractivity contribution is 0.645. The summed E-state index contributed by atoms with van der Waals surface area (Å²) in [5.41, 5.74) is 0. The third-order valence-electron chi connectivity index (χ3n) is 4.23. The van der Waals surface area contributed by atoms with E-state index < -0.39 is 0 Å². The lowest BCUT2D eigenvalue weighted by Gasteiger charge is -2.35. The van der Waals surface area contributed by atoms with E-state index in [9.17, 15) is 0 Å². The van der Waals surface area contributed by atoms with E-state index in [0.717, 1.165) is 47.8 Å². The molecule has 24 heavy (non-hydrogen) atoms. The van der Waals surface area contributed by atoms with Gasteiger partial charge in [-0.05, 0) is 13.0 Å². The average Bonchev–Trinajstić information content (AvgIpc) is 3.20. The van der Waals surface area contributed by atoms with E-state index in [1.807, 2.05) is 0 Å². The minimum absolute atomic E-state index is 0.382. The minimum Gasteiger partial charge on any atom is -0.352 e. The maximum atomic E-state index is 4.68. The molecule has 0 amide bonds. The van der Waals surface area contributed by atoms with Gasteiger partial charge in [-0.3, -0.25) is 0 Å². The van der Waals surface area contributed by atoms with Gasteiger partial charge in [0, 0.05) is 48.5 Å². The molecule has 3 aromatic heterocycles. The number of aryl methyl sites for hydroxylation is 1. The normalized spacial score (nSPS) is 15.7. The first-order valence-electron chi connectivity index (χ1n) is 8.16. The number of hydrogen-bond donors (Lipinski definition) is 0. The molecule has 0 aromatic carbocycles. The van der Waals surface area contributed by atoms with Crippen LogP contribution in [-0.2, 0) is 0 Å². The Labute approximate surface area is 149 Å². The lowest BCUT2D eigenvalue weighted by Crippen LogP contribution is -2.46. The van der Waals surface area contributed by atoms with Crippen molar-refractivity contribution in [1.82, 2.24) is 19.3 Å². The highest BCUT2D eigenvalue weighted by Gasteiger charge is 2.23. The first kappa shape index (κ1) is 15.7. The van der Waals surface area contributed by atoms with E-state index in [-0.39, 0.29) is 0 Å². The highest BCUT2D eigenvalue weighted by atomic mass is 32.1. The molecule has 1 saturated heterocycles. The van der Waals surface area contributed by atoms with Crippen LogP contribution in [0.4, 0.5) is 10.9 Å². The first-order valence-corrected chi connectivity index (χ1v) is 9.75. The summed E-state index contributed by atoms with van der Waals surface area (Å²) in [7, 11) is 0. The number of hydrogen-bond acceptors (Lipinski definition) is 8. The van der Waals surface area contributed by atoms with Crippen LogP contribution in [0.1, 0.15) is 30.5 Å². The average molecular weight is 361 g/mol. The fourth-order valence-electron chi connectivity index (χ4n) is 2.91. The fraction of sp³-hybridized carbons (Fsp3) is 0.500. The van der Waals surface area contributed by atoms with Gasteiger partial charge in [0.1, 0.15) is 22.8 Å². The largest absolute Gasteiger partial charge is 0.352 e. The maximum Gasteiger partial charge on any atom is 0.205 e. The molecule has 4 rings (SSSR count). The van der Waals surface area contributed by atoms with Crippen LogP contribution < -0.4 is 9.80 Å². The molecule has 126 valence electrons. The molecule has 0 saturated carbocycles. The van der Waals surface area contributed by atoms with Crippen LogP contribution in [0, 0.1) is 6.92 Å². The zero-order chi connectivity index (χ0) is 16.7. The Morgan fingerprint density at radius 2 is 1.83 bits per heavy atom. The van der Waals surface area contributed by atoms with Crippen LogP contribution in [0.3, 0.4) is 0 Å². The van der Waals surface area contributed by atoms with Crippen LogP contribution >= 0.6 is 22.9 Å². The molecule has 0 aliphatic carbocycles. The molecule has 3 aromatic rings. The number of rotatable bonds is 3. The standard InChI is InChI=1S/C16H20N6S2/c1-10(2)13-19-16(24-20-13)22-6-4-21(5-7-22)14-12-8-11(3)23-15(12)18-9-17-14/h8-10H,4-7H2,1-3H3. The van der Waals surface area contributed by atoms with Gasteiger partial charge in [0.25, 0.3) is 0 Å². The monoisotopic (exact) mass is 360 g/mol. The van der Waals surface area contributed by atoms with Crippen molar-refractivity contribution >= 4 is 44.0 Å². The molecular weight excluding hydrogens is 340 g/mol. The second-order valence-electron chi connectivity index (χ2n) is 6.34. The van der Waals surface area contributed by atoms with Crippen LogP contribution in [0.25, 0.3) is 10.2 Å². The van der Waals surface area contributed by atoms with Gasteiger partial charge in [-0.25, -0.2) is 15.0 Å². The van der Waals surface area contributed by atoms with Crippen molar-refractivity contribution in [1.29, 1.82) is 0 Å². The Hall–Kier alpha value is -1.80. The van der Waals surface area contributed by atoms with Gasteiger partial charge in [0.05, 0.1) is 5.39 Å². The maximum absolute atomic E-state index is 4.68. The van der Waals surface area contributed by atoms with Gasteiger partial charge in [-0.15, -0.1) is 11.3 Å². The molecule has 1 aliphatic rings. The van der Waals surface area contributed by atoms with Gasteiger partial charge in [-0.2, -0.15) is 4.37 Å². The van der Waals surface area contributed by atoms with Crippen molar-refractivity contribution in [3.63, 3.8) is 0 Å². The minimum atomic E-state index is 0.382. The molecule has 1 aliphatic heterocycles. The predicted molar refractivity (Wildman–Crippen MR) is 101 cm³/mol. The Kier molecular flexibility index (Phi) is 4.09. The van der Waals surface area contributed by atoms with Crippen molar-refractivity contribution in [2.45, 2.75) is 26.7 Å². The third-order valence-corrected chi connectivity index (χ3v) is 5.98. The van der Waals surface area contributed by atoms with Crippen LogP contribution in [0.2, 0.25) is 0 Å². The molecule has 0 unspecified atom stereocenters. The highest BCUT2D eigenvalue weighted by Crippen LogP contribution is 2.31. The number of anilines is 2. The van der Waals surface area contributed by atoms with E-state index in [0.29, 0.717) is 5.92 Å². The van der Waals surface area contributed by atoms with Gasteiger partial charge in [-0.1, -0.05) is 13.8 Å². The van der Waals surface area contributed by atoms with Crippen molar-refractivity contribution in [2.75, 3.05) is 36.0 Å². The molecule has 0 spiro atoms. The second kappa shape index (κ2) is 6.25. The quantitative estimate of drug-likeness (QED) is 0.714. The number of thiophene rings is 1. The zero-order valence-corrected chi connectivity index (χ0v) is 15.7. The van der Waals surface area contributed by atoms with Crippen molar-refractivity contribution in [3.8, 4) is 0 Å².